The molecule has 7 heteroatoms. The van der Waals surface area contributed by atoms with Crippen LogP contribution in [0.3, 0.4) is 0 Å². The van der Waals surface area contributed by atoms with E-state index in [1.54, 1.807) is 19.1 Å². The summed E-state index contributed by atoms with van der Waals surface area (Å²) in [6, 6.07) is 6.97. The Kier molecular flexibility index (Phi) is 4.87. The van der Waals surface area contributed by atoms with Crippen LogP contribution >= 0.6 is 11.3 Å². The van der Waals surface area contributed by atoms with Gasteiger partial charge >= 0.3 is 12.1 Å². The lowest BCUT2D eigenvalue weighted by Crippen LogP contribution is -2.06. The normalized spacial score (nSPS) is 11.6. The van der Waals surface area contributed by atoms with E-state index in [0.29, 0.717) is 23.5 Å². The largest absolute Gasteiger partial charge is 0.478 e. The third kappa shape index (κ3) is 3.48. The molecule has 0 bridgehead atoms. The van der Waals surface area contributed by atoms with Crippen LogP contribution in [0.15, 0.2) is 30.3 Å². The third-order valence-electron chi connectivity index (χ3n) is 2.98. The van der Waals surface area contributed by atoms with Crippen molar-refractivity contribution in [3.05, 3.63) is 46.3 Å². The van der Waals surface area contributed by atoms with E-state index in [-0.39, 0.29) is 22.6 Å². The molecule has 1 heterocycles. The van der Waals surface area contributed by atoms with Gasteiger partial charge in [0.15, 0.2) is 0 Å². The lowest BCUT2D eigenvalue weighted by atomic mass is 10.0. The maximum atomic E-state index is 12.7. The summed E-state index contributed by atoms with van der Waals surface area (Å²) in [6.07, 6.45) is -4.44. The highest BCUT2D eigenvalue weighted by Crippen LogP contribution is 2.39. The average molecular weight is 330 g/mol. The minimum absolute atomic E-state index is 0.0217. The zero-order valence-electron chi connectivity index (χ0n) is 11.6. The number of hydrogen-bond acceptors (Lipinski definition) is 3. The van der Waals surface area contributed by atoms with Crippen molar-refractivity contribution in [2.45, 2.75) is 19.7 Å². The molecule has 0 spiro atoms. The number of hydrogen-bond donors (Lipinski definition) is 1. The molecule has 0 aliphatic heterocycles. The van der Waals surface area contributed by atoms with Crippen LogP contribution in [0.4, 0.5) is 13.2 Å². The van der Waals surface area contributed by atoms with Crippen molar-refractivity contribution in [2.24, 2.45) is 0 Å². The predicted molar refractivity (Wildman–Crippen MR) is 77.0 cm³/mol. The molecule has 1 aromatic heterocycles. The van der Waals surface area contributed by atoms with Crippen molar-refractivity contribution in [3.8, 4) is 10.4 Å². The number of aromatic carboxylic acids is 1. The monoisotopic (exact) mass is 330 g/mol. The molecule has 2 aromatic rings. The van der Waals surface area contributed by atoms with Crippen molar-refractivity contribution in [1.29, 1.82) is 0 Å². The van der Waals surface area contributed by atoms with Crippen LogP contribution in [0, 0.1) is 0 Å². The van der Waals surface area contributed by atoms with Gasteiger partial charge in [-0.25, -0.2) is 4.79 Å². The maximum absolute atomic E-state index is 12.7. The number of ether oxygens (including phenoxy) is 1. The highest BCUT2D eigenvalue weighted by atomic mass is 32.1. The molecule has 0 saturated carbocycles. The minimum atomic E-state index is -4.44. The van der Waals surface area contributed by atoms with E-state index in [9.17, 15) is 23.1 Å². The number of carbonyl (C=O) groups is 1. The topological polar surface area (TPSA) is 46.5 Å². The molecular weight excluding hydrogens is 317 g/mol. The van der Waals surface area contributed by atoms with Crippen LogP contribution in [0.1, 0.15) is 27.7 Å². The van der Waals surface area contributed by atoms with E-state index in [4.69, 9.17) is 4.74 Å². The molecule has 1 aromatic carbocycles. The molecule has 3 nitrogen and oxygen atoms in total. The second kappa shape index (κ2) is 6.50. The third-order valence-corrected chi connectivity index (χ3v) is 4.14. The Balaban J connectivity index is 2.50. The minimum Gasteiger partial charge on any atom is -0.478 e. The molecule has 0 amide bonds. The molecule has 0 unspecified atom stereocenters. The molecule has 0 fully saturated rings. The summed E-state index contributed by atoms with van der Waals surface area (Å²) < 4.78 is 43.3. The number of thiophene rings is 1. The van der Waals surface area contributed by atoms with Gasteiger partial charge in [0.2, 0.25) is 0 Å². The van der Waals surface area contributed by atoms with Gasteiger partial charge in [0.05, 0.1) is 12.2 Å². The summed E-state index contributed by atoms with van der Waals surface area (Å²) in [5.41, 5.74) is 0.686. The van der Waals surface area contributed by atoms with E-state index in [1.165, 1.54) is 12.1 Å². The fourth-order valence-electron chi connectivity index (χ4n) is 2.03. The van der Waals surface area contributed by atoms with Gasteiger partial charge in [0.25, 0.3) is 0 Å². The molecule has 0 aliphatic rings. The Labute approximate surface area is 129 Å². The number of alkyl halides is 3. The van der Waals surface area contributed by atoms with Crippen molar-refractivity contribution in [3.63, 3.8) is 0 Å². The summed E-state index contributed by atoms with van der Waals surface area (Å²) >= 11 is 0.528. The SMILES string of the molecule is CCOCc1cccc(-c2ccc(C(F)(F)F)s2)c1C(=O)O. The van der Waals surface area contributed by atoms with E-state index in [1.807, 2.05) is 0 Å². The molecule has 0 aliphatic carbocycles. The van der Waals surface area contributed by atoms with Gasteiger partial charge in [0, 0.05) is 17.0 Å². The number of halogens is 3. The van der Waals surface area contributed by atoms with E-state index < -0.39 is 17.0 Å². The molecule has 1 N–H and O–H groups in total. The smallest absolute Gasteiger partial charge is 0.425 e. The Morgan fingerprint density at radius 3 is 2.55 bits per heavy atom. The molecule has 0 saturated heterocycles. The summed E-state index contributed by atoms with van der Waals surface area (Å²) in [4.78, 5) is 11.0. The van der Waals surface area contributed by atoms with Crippen LogP contribution < -0.4 is 0 Å². The van der Waals surface area contributed by atoms with Gasteiger partial charge in [-0.2, -0.15) is 13.2 Å². The molecule has 0 radical (unpaired) electrons. The highest BCUT2D eigenvalue weighted by Gasteiger charge is 2.33. The van der Waals surface area contributed by atoms with Gasteiger partial charge in [-0.05, 0) is 24.6 Å². The standard InChI is InChI=1S/C15H13F3O3S/c1-2-21-8-9-4-3-5-10(13(9)14(19)20)11-6-7-12(22-11)15(16,17)18/h3-7H,2,8H2,1H3,(H,19,20). The molecular formula is C15H13F3O3S. The van der Waals surface area contributed by atoms with Crippen LogP contribution in [0.25, 0.3) is 10.4 Å². The van der Waals surface area contributed by atoms with Crippen LogP contribution in [-0.2, 0) is 17.5 Å². The molecule has 22 heavy (non-hydrogen) atoms. The van der Waals surface area contributed by atoms with Gasteiger partial charge < -0.3 is 9.84 Å². The van der Waals surface area contributed by atoms with E-state index in [0.717, 1.165) is 6.07 Å². The first-order valence-corrected chi connectivity index (χ1v) is 7.26. The highest BCUT2D eigenvalue weighted by molar-refractivity contribution is 7.15. The van der Waals surface area contributed by atoms with Crippen LogP contribution in [-0.4, -0.2) is 17.7 Å². The van der Waals surface area contributed by atoms with E-state index >= 15 is 0 Å². The Morgan fingerprint density at radius 2 is 2.00 bits per heavy atom. The second-order valence-corrected chi connectivity index (χ2v) is 5.53. The fraction of sp³-hybridized carbons (Fsp3) is 0.267. The molecule has 0 atom stereocenters. The van der Waals surface area contributed by atoms with Gasteiger partial charge in [0.1, 0.15) is 4.88 Å². The molecule has 118 valence electrons. The fourth-order valence-corrected chi connectivity index (χ4v) is 2.93. The lowest BCUT2D eigenvalue weighted by molar-refractivity contribution is -0.134. The van der Waals surface area contributed by atoms with Gasteiger partial charge in [-0.15, -0.1) is 11.3 Å². The quantitative estimate of drug-likeness (QED) is 0.866. The van der Waals surface area contributed by atoms with Crippen molar-refractivity contribution >= 4 is 17.3 Å². The number of carboxylic acids is 1. The summed E-state index contributed by atoms with van der Waals surface area (Å²) in [7, 11) is 0. The first-order valence-electron chi connectivity index (χ1n) is 6.45. The van der Waals surface area contributed by atoms with Gasteiger partial charge in [-0.3, -0.25) is 0 Å². The summed E-state index contributed by atoms with van der Waals surface area (Å²) in [5.74, 6) is -1.19. The van der Waals surface area contributed by atoms with Gasteiger partial charge in [-0.1, -0.05) is 18.2 Å². The number of benzene rings is 1. The van der Waals surface area contributed by atoms with Crippen molar-refractivity contribution < 1.29 is 27.8 Å². The van der Waals surface area contributed by atoms with Crippen LogP contribution in [0.2, 0.25) is 0 Å². The Hall–Kier alpha value is -1.86. The van der Waals surface area contributed by atoms with Crippen molar-refractivity contribution in [1.82, 2.24) is 0 Å². The Bertz CT molecular complexity index is 677. The molecule has 2 rings (SSSR count). The first-order chi connectivity index (χ1) is 10.3. The number of rotatable bonds is 5. The predicted octanol–water partition coefficient (Wildman–Crippen LogP) is 4.67. The van der Waals surface area contributed by atoms with Crippen molar-refractivity contribution in [2.75, 3.05) is 6.61 Å². The lowest BCUT2D eigenvalue weighted by Gasteiger charge is -2.10. The Morgan fingerprint density at radius 1 is 1.27 bits per heavy atom. The first kappa shape index (κ1) is 16.5. The average Bonchev–Trinajstić information content (AvgIpc) is 2.94. The zero-order chi connectivity index (χ0) is 16.3. The second-order valence-electron chi connectivity index (χ2n) is 4.44. The maximum Gasteiger partial charge on any atom is 0.425 e. The zero-order valence-corrected chi connectivity index (χ0v) is 12.4. The summed E-state index contributed by atoms with van der Waals surface area (Å²) in [5, 5.41) is 9.40. The summed E-state index contributed by atoms with van der Waals surface area (Å²) in [6.45, 7) is 2.29. The van der Waals surface area contributed by atoms with Crippen LogP contribution in [0.5, 0.6) is 0 Å². The number of carboxylic acid groups (broad SMARTS) is 1. The van der Waals surface area contributed by atoms with E-state index in [2.05, 4.69) is 0 Å².